The summed E-state index contributed by atoms with van der Waals surface area (Å²) in [7, 11) is 0. The second kappa shape index (κ2) is 4.15. The van der Waals surface area contributed by atoms with Crippen LogP contribution < -0.4 is 0 Å². The van der Waals surface area contributed by atoms with E-state index < -0.39 is 0 Å². The van der Waals surface area contributed by atoms with Gasteiger partial charge in [-0.1, -0.05) is 18.2 Å². The highest BCUT2D eigenvalue weighted by molar-refractivity contribution is 5.80. The van der Waals surface area contributed by atoms with E-state index in [1.54, 1.807) is 10.9 Å². The van der Waals surface area contributed by atoms with Crippen molar-refractivity contribution in [3.63, 3.8) is 0 Å². The van der Waals surface area contributed by atoms with Crippen molar-refractivity contribution >= 4 is 16.7 Å². The summed E-state index contributed by atoms with van der Waals surface area (Å²) in [5, 5.41) is 8.74. The Morgan fingerprint density at radius 2 is 2.00 bits per heavy atom. The molecule has 3 aromatic rings. The van der Waals surface area contributed by atoms with E-state index in [9.17, 15) is 0 Å². The number of benzene rings is 1. The van der Waals surface area contributed by atoms with Gasteiger partial charge in [-0.15, -0.1) is 0 Å². The maximum Gasteiger partial charge on any atom is 0.182 e. The summed E-state index contributed by atoms with van der Waals surface area (Å²) >= 11 is 0. The largest absolute Gasteiger partial charge is 0.249 e. The van der Waals surface area contributed by atoms with E-state index in [0.29, 0.717) is 5.82 Å². The highest BCUT2D eigenvalue weighted by atomic mass is 15.3. The molecule has 7 nitrogen and oxygen atoms in total. The van der Waals surface area contributed by atoms with Crippen molar-refractivity contribution in [1.29, 1.82) is 0 Å². The first-order valence-corrected chi connectivity index (χ1v) is 5.19. The van der Waals surface area contributed by atoms with E-state index in [1.807, 2.05) is 24.3 Å². The summed E-state index contributed by atoms with van der Waals surface area (Å²) in [5.74, 6) is 0.616. The van der Waals surface area contributed by atoms with Crippen LogP contribution in [0.1, 0.15) is 0 Å². The Labute approximate surface area is 101 Å². The molecule has 2 heterocycles. The number of fused-ring (bicyclic) bond motifs is 1. The first kappa shape index (κ1) is 10.2. The SMILES string of the molecule is [N-]=[N+]=Nc1nccnc1-n1ncc2ccccc21. The maximum absolute atomic E-state index is 8.52. The summed E-state index contributed by atoms with van der Waals surface area (Å²) < 4.78 is 1.60. The molecule has 0 unspecified atom stereocenters. The summed E-state index contributed by atoms with van der Waals surface area (Å²) in [4.78, 5) is 10.9. The van der Waals surface area contributed by atoms with Gasteiger partial charge in [-0.25, -0.2) is 14.6 Å². The molecule has 2 aromatic heterocycles. The number of hydrogen-bond acceptors (Lipinski definition) is 4. The van der Waals surface area contributed by atoms with Crippen molar-refractivity contribution in [2.24, 2.45) is 5.11 Å². The van der Waals surface area contributed by atoms with Gasteiger partial charge in [-0.3, -0.25) is 0 Å². The van der Waals surface area contributed by atoms with Crippen molar-refractivity contribution in [1.82, 2.24) is 19.7 Å². The summed E-state index contributed by atoms with van der Waals surface area (Å²) in [6.07, 6.45) is 4.73. The van der Waals surface area contributed by atoms with Gasteiger partial charge in [0, 0.05) is 22.7 Å². The Kier molecular flexibility index (Phi) is 2.37. The van der Waals surface area contributed by atoms with Crippen molar-refractivity contribution in [3.05, 3.63) is 53.3 Å². The quantitative estimate of drug-likeness (QED) is 0.389. The average Bonchev–Trinajstić information content (AvgIpc) is 2.84. The van der Waals surface area contributed by atoms with E-state index in [-0.39, 0.29) is 5.82 Å². The minimum absolute atomic E-state index is 0.203. The summed E-state index contributed by atoms with van der Waals surface area (Å²) in [6.45, 7) is 0. The van der Waals surface area contributed by atoms with Crippen LogP contribution in [0.15, 0.2) is 48.0 Å². The number of aromatic nitrogens is 4. The molecule has 0 atom stereocenters. The zero-order chi connectivity index (χ0) is 12.4. The fraction of sp³-hybridized carbons (Fsp3) is 0. The molecule has 0 bridgehead atoms. The highest BCUT2D eigenvalue weighted by Gasteiger charge is 2.09. The Hall–Kier alpha value is -2.92. The van der Waals surface area contributed by atoms with Gasteiger partial charge in [0.15, 0.2) is 11.6 Å². The van der Waals surface area contributed by atoms with Gasteiger partial charge >= 0.3 is 0 Å². The smallest absolute Gasteiger partial charge is 0.182 e. The second-order valence-electron chi connectivity index (χ2n) is 3.51. The fourth-order valence-corrected chi connectivity index (χ4v) is 1.73. The molecule has 0 aliphatic heterocycles. The van der Waals surface area contributed by atoms with Gasteiger partial charge in [-0.2, -0.15) is 5.10 Å². The molecular formula is C11H7N7. The van der Waals surface area contributed by atoms with Gasteiger partial charge in [0.05, 0.1) is 11.7 Å². The molecule has 0 amide bonds. The second-order valence-corrected chi connectivity index (χ2v) is 3.51. The lowest BCUT2D eigenvalue weighted by molar-refractivity contribution is 0.863. The number of para-hydroxylation sites is 1. The van der Waals surface area contributed by atoms with Crippen LogP contribution in [0.4, 0.5) is 5.82 Å². The molecule has 1 aromatic carbocycles. The molecule has 0 saturated heterocycles. The van der Waals surface area contributed by atoms with Crippen LogP contribution in [0.2, 0.25) is 0 Å². The molecule has 0 N–H and O–H groups in total. The Bertz CT molecular complexity index is 755. The molecule has 0 fully saturated rings. The molecule has 18 heavy (non-hydrogen) atoms. The first-order valence-electron chi connectivity index (χ1n) is 5.19. The molecule has 7 heteroatoms. The summed E-state index contributed by atoms with van der Waals surface area (Å²) in [6, 6.07) is 7.70. The average molecular weight is 237 g/mol. The van der Waals surface area contributed by atoms with Gasteiger partial charge in [0.2, 0.25) is 0 Å². The first-order chi connectivity index (χ1) is 8.90. The molecule has 86 valence electrons. The lowest BCUT2D eigenvalue weighted by atomic mass is 10.2. The predicted octanol–water partition coefficient (Wildman–Crippen LogP) is 2.76. The highest BCUT2D eigenvalue weighted by Crippen LogP contribution is 2.22. The standard InChI is InChI=1S/C11H7N7/c12-17-16-10-11(14-6-5-13-10)18-9-4-2-1-3-8(9)7-15-18/h1-7H. The van der Waals surface area contributed by atoms with Gasteiger partial charge < -0.3 is 0 Å². The molecule has 0 aliphatic rings. The van der Waals surface area contributed by atoms with Crippen LogP contribution in [0, 0.1) is 0 Å². The van der Waals surface area contributed by atoms with Crippen LogP contribution in [0.5, 0.6) is 0 Å². The predicted molar refractivity (Wildman–Crippen MR) is 65.5 cm³/mol. The van der Waals surface area contributed by atoms with Crippen LogP contribution in [0.3, 0.4) is 0 Å². The van der Waals surface area contributed by atoms with E-state index in [1.165, 1.54) is 12.4 Å². The van der Waals surface area contributed by atoms with Gasteiger partial charge in [0.1, 0.15) is 0 Å². The van der Waals surface area contributed by atoms with Crippen LogP contribution in [-0.4, -0.2) is 19.7 Å². The number of nitrogens with zero attached hydrogens (tertiary/aromatic N) is 7. The molecular weight excluding hydrogens is 230 g/mol. The van der Waals surface area contributed by atoms with Crippen LogP contribution in [0.25, 0.3) is 27.2 Å². The third kappa shape index (κ3) is 1.55. The van der Waals surface area contributed by atoms with Crippen molar-refractivity contribution in [2.75, 3.05) is 0 Å². The van der Waals surface area contributed by atoms with Gasteiger partial charge in [-0.05, 0) is 16.7 Å². The number of azide groups is 1. The minimum atomic E-state index is 0.203. The van der Waals surface area contributed by atoms with E-state index in [4.69, 9.17) is 5.53 Å². The van der Waals surface area contributed by atoms with Gasteiger partial charge in [0.25, 0.3) is 0 Å². The molecule has 0 aliphatic carbocycles. The minimum Gasteiger partial charge on any atom is -0.249 e. The third-order valence-corrected chi connectivity index (χ3v) is 2.48. The lowest BCUT2D eigenvalue weighted by Crippen LogP contribution is -2.00. The van der Waals surface area contributed by atoms with E-state index in [0.717, 1.165) is 10.9 Å². The normalized spacial score (nSPS) is 10.2. The number of rotatable bonds is 2. The maximum atomic E-state index is 8.52. The Balaban J connectivity index is 2.29. The van der Waals surface area contributed by atoms with E-state index in [2.05, 4.69) is 25.1 Å². The van der Waals surface area contributed by atoms with E-state index >= 15 is 0 Å². The molecule has 3 rings (SSSR count). The molecule has 0 spiro atoms. The zero-order valence-electron chi connectivity index (χ0n) is 9.17. The number of hydrogen-bond donors (Lipinski definition) is 0. The molecule has 0 radical (unpaired) electrons. The molecule has 0 saturated carbocycles. The van der Waals surface area contributed by atoms with Crippen molar-refractivity contribution < 1.29 is 0 Å². The van der Waals surface area contributed by atoms with Crippen molar-refractivity contribution in [2.45, 2.75) is 0 Å². The summed E-state index contributed by atoms with van der Waals surface area (Å²) in [5.41, 5.74) is 9.40. The third-order valence-electron chi connectivity index (χ3n) is 2.48. The lowest BCUT2D eigenvalue weighted by Gasteiger charge is -2.03. The van der Waals surface area contributed by atoms with Crippen LogP contribution >= 0.6 is 0 Å². The topological polar surface area (TPSA) is 92.4 Å². The van der Waals surface area contributed by atoms with Crippen LogP contribution in [-0.2, 0) is 0 Å². The Morgan fingerprint density at radius 3 is 2.89 bits per heavy atom. The Morgan fingerprint density at radius 1 is 1.17 bits per heavy atom. The fourth-order valence-electron chi connectivity index (χ4n) is 1.73. The van der Waals surface area contributed by atoms with Crippen molar-refractivity contribution in [3.8, 4) is 5.82 Å². The zero-order valence-corrected chi connectivity index (χ0v) is 9.17. The monoisotopic (exact) mass is 237 g/mol.